The lowest BCUT2D eigenvalue weighted by Gasteiger charge is -2.02. The van der Waals surface area contributed by atoms with Crippen LogP contribution in [0.2, 0.25) is 0 Å². The number of aromatic nitrogens is 3. The minimum Gasteiger partial charge on any atom is -0.361 e. The molecular weight excluding hydrogens is 312 g/mol. The summed E-state index contributed by atoms with van der Waals surface area (Å²) < 4.78 is 4.94. The monoisotopic (exact) mass is 328 g/mol. The first kappa shape index (κ1) is 15.4. The van der Waals surface area contributed by atoms with E-state index in [2.05, 4.69) is 20.4 Å². The van der Waals surface area contributed by atoms with Crippen LogP contribution in [0.3, 0.4) is 0 Å². The minimum absolute atomic E-state index is 0.0668. The zero-order chi connectivity index (χ0) is 16.1. The van der Waals surface area contributed by atoms with E-state index >= 15 is 0 Å². The molecule has 118 valence electrons. The van der Waals surface area contributed by atoms with Gasteiger partial charge in [-0.3, -0.25) is 9.78 Å². The highest BCUT2D eigenvalue weighted by molar-refractivity contribution is 7.13. The molecule has 0 aromatic carbocycles. The Hall–Kier alpha value is -2.54. The van der Waals surface area contributed by atoms with Crippen molar-refractivity contribution in [2.75, 3.05) is 6.54 Å². The number of nitrogens with one attached hydrogen (secondary N) is 1. The Labute approximate surface area is 137 Å². The van der Waals surface area contributed by atoms with E-state index in [0.717, 1.165) is 16.3 Å². The first-order valence-corrected chi connectivity index (χ1v) is 8.12. The average molecular weight is 328 g/mol. The van der Waals surface area contributed by atoms with Gasteiger partial charge in [-0.1, -0.05) is 5.16 Å². The number of carbonyl (C=O) groups is 1. The summed E-state index contributed by atoms with van der Waals surface area (Å²) in [6, 6.07) is 5.63. The summed E-state index contributed by atoms with van der Waals surface area (Å²) in [7, 11) is 0. The van der Waals surface area contributed by atoms with Crippen molar-refractivity contribution in [1.29, 1.82) is 0 Å². The summed E-state index contributed by atoms with van der Waals surface area (Å²) in [6.45, 7) is 2.35. The van der Waals surface area contributed by atoms with Gasteiger partial charge in [-0.15, -0.1) is 11.3 Å². The van der Waals surface area contributed by atoms with Gasteiger partial charge in [-0.25, -0.2) is 4.98 Å². The van der Waals surface area contributed by atoms with Crippen LogP contribution in [0.15, 0.2) is 40.5 Å². The number of thiazole rings is 1. The maximum absolute atomic E-state index is 11.8. The Kier molecular flexibility index (Phi) is 4.77. The smallest absolute Gasteiger partial charge is 0.226 e. The van der Waals surface area contributed by atoms with Crippen LogP contribution in [0.1, 0.15) is 17.1 Å². The lowest BCUT2D eigenvalue weighted by atomic mass is 10.2. The van der Waals surface area contributed by atoms with Crippen LogP contribution < -0.4 is 5.32 Å². The average Bonchev–Trinajstić information content (AvgIpc) is 3.17. The predicted molar refractivity (Wildman–Crippen MR) is 87.0 cm³/mol. The van der Waals surface area contributed by atoms with E-state index in [4.69, 9.17) is 4.52 Å². The standard InChI is InChI=1S/C16H16N4O2S/c1-11-8-14(20-22-11)9-15(21)18-7-4-13-10-23-16(19-13)12-2-5-17-6-3-12/h2-3,5-6,8,10H,4,7,9H2,1H3,(H,18,21). The quantitative estimate of drug-likeness (QED) is 0.751. The zero-order valence-electron chi connectivity index (χ0n) is 12.7. The molecule has 0 aliphatic rings. The molecular formula is C16H16N4O2S. The minimum atomic E-state index is -0.0668. The summed E-state index contributed by atoms with van der Waals surface area (Å²) in [5, 5.41) is 9.66. The second-order valence-electron chi connectivity index (χ2n) is 5.09. The summed E-state index contributed by atoms with van der Waals surface area (Å²) in [4.78, 5) is 20.4. The second kappa shape index (κ2) is 7.15. The molecule has 0 saturated heterocycles. The number of pyridine rings is 1. The van der Waals surface area contributed by atoms with Crippen molar-refractivity contribution in [3.05, 3.63) is 53.1 Å². The molecule has 23 heavy (non-hydrogen) atoms. The van der Waals surface area contributed by atoms with Crippen molar-refractivity contribution in [2.45, 2.75) is 19.8 Å². The van der Waals surface area contributed by atoms with Crippen molar-refractivity contribution in [1.82, 2.24) is 20.4 Å². The van der Waals surface area contributed by atoms with Crippen LogP contribution >= 0.6 is 11.3 Å². The maximum Gasteiger partial charge on any atom is 0.226 e. The van der Waals surface area contributed by atoms with Crippen LogP contribution in [0.4, 0.5) is 0 Å². The molecule has 0 fully saturated rings. The third-order valence-corrected chi connectivity index (χ3v) is 4.14. The zero-order valence-corrected chi connectivity index (χ0v) is 13.5. The molecule has 6 nitrogen and oxygen atoms in total. The van der Waals surface area contributed by atoms with Gasteiger partial charge >= 0.3 is 0 Å². The van der Waals surface area contributed by atoms with E-state index in [0.29, 0.717) is 24.4 Å². The normalized spacial score (nSPS) is 10.7. The molecule has 1 amide bonds. The lowest BCUT2D eigenvalue weighted by Crippen LogP contribution is -2.27. The topological polar surface area (TPSA) is 80.9 Å². The second-order valence-corrected chi connectivity index (χ2v) is 5.94. The van der Waals surface area contributed by atoms with Gasteiger partial charge in [0.1, 0.15) is 10.8 Å². The van der Waals surface area contributed by atoms with Gasteiger partial charge in [0.25, 0.3) is 0 Å². The Balaban J connectivity index is 1.47. The molecule has 7 heteroatoms. The fourth-order valence-corrected chi connectivity index (χ4v) is 2.97. The third kappa shape index (κ3) is 4.23. The van der Waals surface area contributed by atoms with Crippen LogP contribution in [-0.4, -0.2) is 27.6 Å². The summed E-state index contributed by atoms with van der Waals surface area (Å²) in [5.41, 5.74) is 2.68. The van der Waals surface area contributed by atoms with E-state index < -0.39 is 0 Å². The van der Waals surface area contributed by atoms with Crippen molar-refractivity contribution in [3.63, 3.8) is 0 Å². The first-order chi connectivity index (χ1) is 11.2. The fraction of sp³-hybridized carbons (Fsp3) is 0.250. The highest BCUT2D eigenvalue weighted by atomic mass is 32.1. The number of hydrogen-bond acceptors (Lipinski definition) is 6. The molecule has 3 aromatic rings. The van der Waals surface area contributed by atoms with Crippen LogP contribution in [0, 0.1) is 6.92 Å². The molecule has 0 spiro atoms. The number of amides is 1. The van der Waals surface area contributed by atoms with Gasteiger partial charge in [0.05, 0.1) is 17.8 Å². The van der Waals surface area contributed by atoms with E-state index in [-0.39, 0.29) is 12.3 Å². The first-order valence-electron chi connectivity index (χ1n) is 7.24. The maximum atomic E-state index is 11.8. The van der Waals surface area contributed by atoms with Gasteiger partial charge in [-0.2, -0.15) is 0 Å². The van der Waals surface area contributed by atoms with Gasteiger partial charge < -0.3 is 9.84 Å². The number of hydrogen-bond donors (Lipinski definition) is 1. The predicted octanol–water partition coefficient (Wildman–Crippen LogP) is 2.40. The Morgan fingerprint density at radius 2 is 2.13 bits per heavy atom. The lowest BCUT2D eigenvalue weighted by molar-refractivity contribution is -0.120. The van der Waals surface area contributed by atoms with Crippen molar-refractivity contribution in [2.24, 2.45) is 0 Å². The number of rotatable bonds is 6. The number of aryl methyl sites for hydroxylation is 1. The molecule has 0 bridgehead atoms. The Morgan fingerprint density at radius 1 is 1.30 bits per heavy atom. The fourth-order valence-electron chi connectivity index (χ4n) is 2.11. The molecule has 0 aliphatic carbocycles. The molecule has 0 atom stereocenters. The van der Waals surface area contributed by atoms with E-state index in [1.54, 1.807) is 36.7 Å². The Morgan fingerprint density at radius 3 is 2.87 bits per heavy atom. The highest BCUT2D eigenvalue weighted by Crippen LogP contribution is 2.22. The van der Waals surface area contributed by atoms with Crippen LogP contribution in [-0.2, 0) is 17.6 Å². The van der Waals surface area contributed by atoms with E-state index in [9.17, 15) is 4.79 Å². The van der Waals surface area contributed by atoms with Crippen molar-refractivity contribution in [3.8, 4) is 10.6 Å². The van der Waals surface area contributed by atoms with Gasteiger partial charge in [0, 0.05) is 42.4 Å². The summed E-state index contributed by atoms with van der Waals surface area (Å²) in [6.07, 6.45) is 4.44. The van der Waals surface area contributed by atoms with Crippen molar-refractivity contribution < 1.29 is 9.32 Å². The van der Waals surface area contributed by atoms with Gasteiger partial charge in [0.15, 0.2) is 0 Å². The largest absolute Gasteiger partial charge is 0.361 e. The molecule has 0 saturated carbocycles. The third-order valence-electron chi connectivity index (χ3n) is 3.20. The SMILES string of the molecule is Cc1cc(CC(=O)NCCc2csc(-c3ccncc3)n2)no1. The molecule has 0 radical (unpaired) electrons. The number of carbonyl (C=O) groups excluding carboxylic acids is 1. The molecule has 0 unspecified atom stereocenters. The van der Waals surface area contributed by atoms with Crippen LogP contribution in [0.5, 0.6) is 0 Å². The molecule has 3 heterocycles. The molecule has 1 N–H and O–H groups in total. The van der Waals surface area contributed by atoms with Gasteiger partial charge in [-0.05, 0) is 19.1 Å². The summed E-state index contributed by atoms with van der Waals surface area (Å²) >= 11 is 1.59. The van der Waals surface area contributed by atoms with Crippen LogP contribution in [0.25, 0.3) is 10.6 Å². The van der Waals surface area contributed by atoms with E-state index in [1.807, 2.05) is 17.5 Å². The summed E-state index contributed by atoms with van der Waals surface area (Å²) in [5.74, 6) is 0.641. The van der Waals surface area contributed by atoms with Crippen molar-refractivity contribution >= 4 is 17.2 Å². The highest BCUT2D eigenvalue weighted by Gasteiger charge is 2.08. The van der Waals surface area contributed by atoms with Gasteiger partial charge in [0.2, 0.25) is 5.91 Å². The molecule has 3 rings (SSSR count). The molecule has 0 aliphatic heterocycles. The molecule has 3 aromatic heterocycles. The number of nitrogens with zero attached hydrogens (tertiary/aromatic N) is 3. The Bertz CT molecular complexity index is 782. The van der Waals surface area contributed by atoms with E-state index in [1.165, 1.54) is 0 Å².